The molecule has 6 nitrogen and oxygen atoms in total. The lowest BCUT2D eigenvalue weighted by Gasteiger charge is -2.19. The SMILES string of the molecule is Cc1ccc(C)c(C(=O)COC(=O)[C@H](NS(=O)(=O)/C=C/c2ccccc2)C(C)C)c1. The first-order chi connectivity index (χ1) is 14.1. The van der Waals surface area contributed by atoms with Gasteiger partial charge in [-0.1, -0.05) is 61.9 Å². The number of esters is 1. The summed E-state index contributed by atoms with van der Waals surface area (Å²) in [6, 6.07) is 13.3. The molecule has 0 spiro atoms. The van der Waals surface area contributed by atoms with Crippen LogP contribution in [0.2, 0.25) is 0 Å². The van der Waals surface area contributed by atoms with Crippen LogP contribution in [0.3, 0.4) is 0 Å². The van der Waals surface area contributed by atoms with E-state index in [0.717, 1.165) is 16.5 Å². The van der Waals surface area contributed by atoms with Crippen molar-refractivity contribution >= 4 is 27.9 Å². The van der Waals surface area contributed by atoms with Crippen LogP contribution in [0.15, 0.2) is 53.9 Å². The van der Waals surface area contributed by atoms with Crippen LogP contribution in [-0.4, -0.2) is 32.8 Å². The second-order valence-electron chi connectivity index (χ2n) is 7.45. The molecule has 0 aromatic heterocycles. The second-order valence-corrected chi connectivity index (χ2v) is 9.05. The van der Waals surface area contributed by atoms with Gasteiger partial charge in [-0.25, -0.2) is 8.42 Å². The van der Waals surface area contributed by atoms with Crippen LogP contribution in [-0.2, 0) is 19.6 Å². The number of ketones is 1. The van der Waals surface area contributed by atoms with Gasteiger partial charge in [-0.2, -0.15) is 4.72 Å². The summed E-state index contributed by atoms with van der Waals surface area (Å²) in [5.41, 5.74) is 2.91. The van der Waals surface area contributed by atoms with Crippen molar-refractivity contribution in [3.8, 4) is 0 Å². The highest BCUT2D eigenvalue weighted by molar-refractivity contribution is 7.92. The fourth-order valence-corrected chi connectivity index (χ4v) is 3.88. The molecule has 2 rings (SSSR count). The number of sulfonamides is 1. The van der Waals surface area contributed by atoms with Gasteiger partial charge in [-0.05, 0) is 43.0 Å². The van der Waals surface area contributed by atoms with Crippen LogP contribution in [0.25, 0.3) is 6.08 Å². The van der Waals surface area contributed by atoms with Crippen LogP contribution in [0.5, 0.6) is 0 Å². The van der Waals surface area contributed by atoms with Gasteiger partial charge in [-0.3, -0.25) is 9.59 Å². The van der Waals surface area contributed by atoms with Crippen LogP contribution in [0.4, 0.5) is 0 Å². The average molecular weight is 430 g/mol. The zero-order valence-corrected chi connectivity index (χ0v) is 18.4. The normalized spacial score (nSPS) is 12.8. The minimum Gasteiger partial charge on any atom is -0.456 e. The Bertz CT molecular complexity index is 1030. The number of carbonyl (C=O) groups is 2. The number of rotatable bonds is 9. The molecule has 0 heterocycles. The third-order valence-electron chi connectivity index (χ3n) is 4.49. The molecule has 1 atom stereocenters. The van der Waals surface area contributed by atoms with E-state index < -0.39 is 28.6 Å². The van der Waals surface area contributed by atoms with Gasteiger partial charge in [0.15, 0.2) is 6.61 Å². The van der Waals surface area contributed by atoms with Crippen molar-refractivity contribution in [3.05, 3.63) is 76.2 Å². The van der Waals surface area contributed by atoms with Crippen molar-refractivity contribution < 1.29 is 22.7 Å². The zero-order chi connectivity index (χ0) is 22.3. The topological polar surface area (TPSA) is 89.5 Å². The smallest absolute Gasteiger partial charge is 0.324 e. The molecule has 0 saturated carbocycles. The van der Waals surface area contributed by atoms with Crippen LogP contribution in [0, 0.1) is 19.8 Å². The largest absolute Gasteiger partial charge is 0.456 e. The first kappa shape index (κ1) is 23.5. The summed E-state index contributed by atoms with van der Waals surface area (Å²) in [5, 5.41) is 1.01. The van der Waals surface area contributed by atoms with E-state index in [1.54, 1.807) is 51.1 Å². The van der Waals surface area contributed by atoms with Crippen molar-refractivity contribution in [1.82, 2.24) is 4.72 Å². The summed E-state index contributed by atoms with van der Waals surface area (Å²) >= 11 is 0. The summed E-state index contributed by atoms with van der Waals surface area (Å²) in [7, 11) is -3.89. The molecule has 0 saturated heterocycles. The molecule has 160 valence electrons. The molecule has 7 heteroatoms. The van der Waals surface area contributed by atoms with Crippen molar-refractivity contribution in [1.29, 1.82) is 0 Å². The molecular formula is C23H27NO5S. The molecule has 0 unspecified atom stereocenters. The number of hydrogen-bond donors (Lipinski definition) is 1. The lowest BCUT2D eigenvalue weighted by Crippen LogP contribution is -2.45. The molecule has 0 fully saturated rings. The number of carbonyl (C=O) groups excluding carboxylic acids is 2. The highest BCUT2D eigenvalue weighted by Gasteiger charge is 2.28. The molecule has 0 radical (unpaired) electrons. The van der Waals surface area contributed by atoms with E-state index >= 15 is 0 Å². The summed E-state index contributed by atoms with van der Waals surface area (Å²) in [4.78, 5) is 24.9. The third-order valence-corrected chi connectivity index (χ3v) is 5.57. The van der Waals surface area contributed by atoms with Crippen LogP contribution in [0.1, 0.15) is 40.9 Å². The molecule has 2 aromatic rings. The average Bonchev–Trinajstić information content (AvgIpc) is 2.71. The van der Waals surface area contributed by atoms with Gasteiger partial charge in [0.2, 0.25) is 15.8 Å². The Hall–Kier alpha value is -2.77. The van der Waals surface area contributed by atoms with E-state index in [1.807, 2.05) is 25.1 Å². The lowest BCUT2D eigenvalue weighted by molar-refractivity contribution is -0.145. The van der Waals surface area contributed by atoms with Gasteiger partial charge in [-0.15, -0.1) is 0 Å². The minimum atomic E-state index is -3.89. The highest BCUT2D eigenvalue weighted by Crippen LogP contribution is 2.13. The number of ether oxygens (including phenoxy) is 1. The zero-order valence-electron chi connectivity index (χ0n) is 17.6. The first-order valence-electron chi connectivity index (χ1n) is 9.61. The van der Waals surface area contributed by atoms with Gasteiger partial charge in [0.05, 0.1) is 0 Å². The number of Topliss-reactive ketones (excluding diaryl/α,β-unsaturated/α-hetero) is 1. The van der Waals surface area contributed by atoms with Gasteiger partial charge in [0.1, 0.15) is 6.04 Å². The van der Waals surface area contributed by atoms with E-state index in [2.05, 4.69) is 4.72 Å². The summed E-state index contributed by atoms with van der Waals surface area (Å²) in [6.07, 6.45) is 1.44. The second kappa shape index (κ2) is 10.3. The molecule has 0 aliphatic carbocycles. The molecule has 0 aliphatic rings. The maximum atomic E-state index is 12.5. The predicted octanol–water partition coefficient (Wildman–Crippen LogP) is 3.64. The predicted molar refractivity (Wildman–Crippen MR) is 117 cm³/mol. The molecule has 2 aromatic carbocycles. The van der Waals surface area contributed by atoms with Crippen LogP contribution >= 0.6 is 0 Å². The Labute approximate surface area is 178 Å². The summed E-state index contributed by atoms with van der Waals surface area (Å²) < 4.78 is 32.3. The van der Waals surface area contributed by atoms with Crippen molar-refractivity contribution in [2.75, 3.05) is 6.61 Å². The molecule has 0 amide bonds. The fourth-order valence-electron chi connectivity index (χ4n) is 2.75. The van der Waals surface area contributed by atoms with Crippen molar-refractivity contribution in [2.24, 2.45) is 5.92 Å². The lowest BCUT2D eigenvalue weighted by atomic mass is 10.0. The molecule has 1 N–H and O–H groups in total. The molecular weight excluding hydrogens is 402 g/mol. The summed E-state index contributed by atoms with van der Waals surface area (Å²) in [6.45, 7) is 6.62. The quantitative estimate of drug-likeness (QED) is 0.485. The Kier molecular flexibility index (Phi) is 8.08. The van der Waals surface area contributed by atoms with Gasteiger partial charge in [0, 0.05) is 11.0 Å². The fraction of sp³-hybridized carbons (Fsp3) is 0.304. The highest BCUT2D eigenvalue weighted by atomic mass is 32.2. The van der Waals surface area contributed by atoms with Gasteiger partial charge in [0.25, 0.3) is 0 Å². The Morgan fingerprint density at radius 2 is 1.73 bits per heavy atom. The van der Waals surface area contributed by atoms with E-state index in [0.29, 0.717) is 11.1 Å². The number of benzene rings is 2. The van der Waals surface area contributed by atoms with E-state index in [9.17, 15) is 18.0 Å². The Morgan fingerprint density at radius 1 is 1.07 bits per heavy atom. The summed E-state index contributed by atoms with van der Waals surface area (Å²) in [5.74, 6) is -1.49. The molecule has 0 aliphatic heterocycles. The molecule has 0 bridgehead atoms. The Balaban J connectivity index is 2.04. The monoisotopic (exact) mass is 429 g/mol. The number of aryl methyl sites for hydroxylation is 2. The van der Waals surface area contributed by atoms with E-state index in [4.69, 9.17) is 4.74 Å². The number of hydrogen-bond acceptors (Lipinski definition) is 5. The third kappa shape index (κ3) is 6.93. The van der Waals surface area contributed by atoms with Gasteiger partial charge < -0.3 is 4.74 Å². The van der Waals surface area contributed by atoms with Gasteiger partial charge >= 0.3 is 5.97 Å². The van der Waals surface area contributed by atoms with E-state index in [1.165, 1.54) is 6.08 Å². The maximum absolute atomic E-state index is 12.5. The molecule has 30 heavy (non-hydrogen) atoms. The van der Waals surface area contributed by atoms with Crippen molar-refractivity contribution in [3.63, 3.8) is 0 Å². The van der Waals surface area contributed by atoms with Crippen molar-refractivity contribution in [2.45, 2.75) is 33.7 Å². The number of nitrogens with one attached hydrogen (secondary N) is 1. The maximum Gasteiger partial charge on any atom is 0.324 e. The minimum absolute atomic E-state index is 0.334. The first-order valence-corrected chi connectivity index (χ1v) is 11.2. The Morgan fingerprint density at radius 3 is 2.37 bits per heavy atom. The van der Waals surface area contributed by atoms with Crippen LogP contribution < -0.4 is 4.72 Å². The van der Waals surface area contributed by atoms with E-state index in [-0.39, 0.29) is 11.7 Å². The standard InChI is InChI=1S/C23H27NO5S/c1-16(2)22(24-30(27,28)13-12-19-8-6-5-7-9-19)23(26)29-15-21(25)20-14-17(3)10-11-18(20)4/h5-14,16,22,24H,15H2,1-4H3/b13-12+/t22-/m1/s1.